The fourth-order valence-corrected chi connectivity index (χ4v) is 0.838. The smallest absolute Gasteiger partial charge is 0.210 e. The zero-order valence-electron chi connectivity index (χ0n) is 6.77. The summed E-state index contributed by atoms with van der Waals surface area (Å²) >= 11 is 0. The van der Waals surface area contributed by atoms with Gasteiger partial charge in [0, 0.05) is 0 Å². The van der Waals surface area contributed by atoms with Gasteiger partial charge in [0.1, 0.15) is 6.26 Å². The molecule has 1 aromatic rings. The van der Waals surface area contributed by atoms with Crippen LogP contribution in [0, 0.1) is 0 Å². The van der Waals surface area contributed by atoms with Crippen LogP contribution in [0.2, 0.25) is 0 Å². The van der Waals surface area contributed by atoms with Crippen LogP contribution in [-0.2, 0) is 0 Å². The first kappa shape index (κ1) is 11.2. The van der Waals surface area contributed by atoms with Gasteiger partial charge in [-0.1, -0.05) is 6.08 Å². The number of aromatic nitrogens is 1. The molecule has 0 fully saturated rings. The molecule has 0 radical (unpaired) electrons. The Kier molecular flexibility index (Phi) is 5.41. The quantitative estimate of drug-likeness (QED) is 0.736. The standard InChI is InChI=1S/C8H12N2O.ClH/c1-2-3-4-7(9)8-10-5-6-11-8;/h2,5-7H,1,3-4,9H2;1H. The zero-order valence-corrected chi connectivity index (χ0v) is 7.59. The van der Waals surface area contributed by atoms with Gasteiger partial charge in [0.05, 0.1) is 12.2 Å². The Morgan fingerprint density at radius 1 is 1.75 bits per heavy atom. The SMILES string of the molecule is C=CCCC(N)c1ncco1.Cl. The lowest BCUT2D eigenvalue weighted by Gasteiger charge is -2.03. The molecule has 68 valence electrons. The maximum absolute atomic E-state index is 5.72. The first-order chi connectivity index (χ1) is 5.34. The number of halogens is 1. The minimum atomic E-state index is -0.0944. The Morgan fingerprint density at radius 3 is 3.00 bits per heavy atom. The van der Waals surface area contributed by atoms with Crippen LogP contribution < -0.4 is 5.73 Å². The molecule has 1 unspecified atom stereocenters. The molecule has 3 nitrogen and oxygen atoms in total. The normalized spacial score (nSPS) is 11.8. The molecule has 1 rings (SSSR count). The van der Waals surface area contributed by atoms with E-state index in [0.717, 1.165) is 12.8 Å². The molecule has 0 bridgehead atoms. The van der Waals surface area contributed by atoms with Crippen molar-refractivity contribution >= 4 is 12.4 Å². The van der Waals surface area contributed by atoms with Crippen molar-refractivity contribution in [2.24, 2.45) is 5.73 Å². The lowest BCUT2D eigenvalue weighted by molar-refractivity contribution is 0.438. The van der Waals surface area contributed by atoms with E-state index in [0.29, 0.717) is 5.89 Å². The van der Waals surface area contributed by atoms with Gasteiger partial charge >= 0.3 is 0 Å². The highest BCUT2D eigenvalue weighted by atomic mass is 35.5. The predicted molar refractivity (Wildman–Crippen MR) is 50.1 cm³/mol. The largest absolute Gasteiger partial charge is 0.447 e. The second kappa shape index (κ2) is 5.80. The highest BCUT2D eigenvalue weighted by molar-refractivity contribution is 5.85. The van der Waals surface area contributed by atoms with Gasteiger partial charge in [-0.15, -0.1) is 19.0 Å². The van der Waals surface area contributed by atoms with Crippen molar-refractivity contribution in [1.29, 1.82) is 0 Å². The Morgan fingerprint density at radius 2 is 2.50 bits per heavy atom. The summed E-state index contributed by atoms with van der Waals surface area (Å²) in [5, 5.41) is 0. The molecule has 0 aromatic carbocycles. The van der Waals surface area contributed by atoms with Crippen LogP contribution in [0.15, 0.2) is 29.5 Å². The van der Waals surface area contributed by atoms with Gasteiger partial charge in [0.2, 0.25) is 5.89 Å². The molecule has 2 N–H and O–H groups in total. The third kappa shape index (κ3) is 3.07. The first-order valence-corrected chi connectivity index (χ1v) is 3.60. The average molecular weight is 189 g/mol. The van der Waals surface area contributed by atoms with E-state index >= 15 is 0 Å². The number of oxazole rings is 1. The number of rotatable bonds is 4. The third-order valence-corrected chi connectivity index (χ3v) is 1.45. The number of nitrogens with zero attached hydrogens (tertiary/aromatic N) is 1. The summed E-state index contributed by atoms with van der Waals surface area (Å²) in [4.78, 5) is 3.94. The van der Waals surface area contributed by atoms with Crippen molar-refractivity contribution < 1.29 is 4.42 Å². The maximum atomic E-state index is 5.72. The number of nitrogens with two attached hydrogens (primary N) is 1. The second-order valence-corrected chi connectivity index (χ2v) is 2.34. The summed E-state index contributed by atoms with van der Waals surface area (Å²) in [5.74, 6) is 0.604. The van der Waals surface area contributed by atoms with Crippen molar-refractivity contribution in [3.05, 3.63) is 31.0 Å². The summed E-state index contributed by atoms with van der Waals surface area (Å²) in [6.45, 7) is 3.61. The van der Waals surface area contributed by atoms with Crippen LogP contribution in [0.3, 0.4) is 0 Å². The van der Waals surface area contributed by atoms with Crippen LogP contribution in [0.5, 0.6) is 0 Å². The fourth-order valence-electron chi connectivity index (χ4n) is 0.838. The first-order valence-electron chi connectivity index (χ1n) is 3.60. The van der Waals surface area contributed by atoms with Gasteiger partial charge in [-0.2, -0.15) is 0 Å². The molecule has 12 heavy (non-hydrogen) atoms. The van der Waals surface area contributed by atoms with E-state index in [4.69, 9.17) is 10.2 Å². The molecular formula is C8H13ClN2O. The van der Waals surface area contributed by atoms with Gasteiger partial charge in [-0.3, -0.25) is 0 Å². The number of allylic oxidation sites excluding steroid dienone is 1. The van der Waals surface area contributed by atoms with E-state index < -0.39 is 0 Å². The zero-order chi connectivity index (χ0) is 8.10. The molecule has 1 heterocycles. The summed E-state index contributed by atoms with van der Waals surface area (Å²) in [6.07, 6.45) is 6.70. The van der Waals surface area contributed by atoms with E-state index in [1.807, 2.05) is 6.08 Å². The highest BCUT2D eigenvalue weighted by Gasteiger charge is 2.07. The predicted octanol–water partition coefficient (Wildman–Crippen LogP) is 2.06. The monoisotopic (exact) mass is 188 g/mol. The van der Waals surface area contributed by atoms with Gasteiger partial charge in [-0.05, 0) is 12.8 Å². The molecular weight excluding hydrogens is 176 g/mol. The molecule has 0 saturated heterocycles. The second-order valence-electron chi connectivity index (χ2n) is 2.34. The van der Waals surface area contributed by atoms with Crippen LogP contribution in [0.4, 0.5) is 0 Å². The topological polar surface area (TPSA) is 52.0 Å². The van der Waals surface area contributed by atoms with Gasteiger partial charge in [0.25, 0.3) is 0 Å². The highest BCUT2D eigenvalue weighted by Crippen LogP contribution is 2.12. The molecule has 4 heteroatoms. The van der Waals surface area contributed by atoms with Gasteiger partial charge < -0.3 is 10.2 Å². The lowest BCUT2D eigenvalue weighted by atomic mass is 10.2. The molecule has 0 saturated carbocycles. The molecule has 0 aliphatic rings. The van der Waals surface area contributed by atoms with E-state index in [1.54, 1.807) is 6.20 Å². The van der Waals surface area contributed by atoms with Gasteiger partial charge in [-0.25, -0.2) is 4.98 Å². The lowest BCUT2D eigenvalue weighted by Crippen LogP contribution is -2.09. The number of hydrogen-bond donors (Lipinski definition) is 1. The van der Waals surface area contributed by atoms with E-state index in [2.05, 4.69) is 11.6 Å². The van der Waals surface area contributed by atoms with Crippen molar-refractivity contribution in [3.8, 4) is 0 Å². The molecule has 0 aliphatic heterocycles. The summed E-state index contributed by atoms with van der Waals surface area (Å²) in [7, 11) is 0. The Bertz CT molecular complexity index is 211. The van der Waals surface area contributed by atoms with Gasteiger partial charge in [0.15, 0.2) is 0 Å². The summed E-state index contributed by atoms with van der Waals surface area (Å²) < 4.78 is 5.02. The van der Waals surface area contributed by atoms with Crippen molar-refractivity contribution in [2.75, 3.05) is 0 Å². The van der Waals surface area contributed by atoms with Crippen molar-refractivity contribution in [3.63, 3.8) is 0 Å². The molecule has 1 atom stereocenters. The maximum Gasteiger partial charge on any atom is 0.210 e. The van der Waals surface area contributed by atoms with Crippen LogP contribution in [0.25, 0.3) is 0 Å². The summed E-state index contributed by atoms with van der Waals surface area (Å²) in [5.41, 5.74) is 5.72. The molecule has 0 aliphatic carbocycles. The fraction of sp³-hybridized carbons (Fsp3) is 0.375. The van der Waals surface area contributed by atoms with Crippen LogP contribution in [-0.4, -0.2) is 4.98 Å². The minimum absolute atomic E-state index is 0. The molecule has 0 spiro atoms. The van der Waals surface area contributed by atoms with Crippen LogP contribution >= 0.6 is 12.4 Å². The summed E-state index contributed by atoms with van der Waals surface area (Å²) in [6, 6.07) is -0.0944. The molecule has 1 aromatic heterocycles. The molecule has 0 amide bonds. The minimum Gasteiger partial charge on any atom is -0.447 e. The Labute approximate surface area is 78.1 Å². The van der Waals surface area contributed by atoms with Crippen molar-refractivity contribution in [1.82, 2.24) is 4.98 Å². The Hall–Kier alpha value is -0.800. The third-order valence-electron chi connectivity index (χ3n) is 1.45. The van der Waals surface area contributed by atoms with E-state index in [9.17, 15) is 0 Å². The van der Waals surface area contributed by atoms with Crippen molar-refractivity contribution in [2.45, 2.75) is 18.9 Å². The Balaban J connectivity index is 0.00000121. The van der Waals surface area contributed by atoms with Crippen LogP contribution in [0.1, 0.15) is 24.8 Å². The van der Waals surface area contributed by atoms with E-state index in [-0.39, 0.29) is 18.4 Å². The number of hydrogen-bond acceptors (Lipinski definition) is 3. The average Bonchev–Trinajstić information content (AvgIpc) is 2.52. The van der Waals surface area contributed by atoms with E-state index in [1.165, 1.54) is 6.26 Å².